The minimum atomic E-state index is -1.21. The minimum Gasteiger partial charge on any atom is -0.274 e. The molecule has 3 aromatic rings. The molecule has 1 atom stereocenters. The Morgan fingerprint density at radius 2 is 1.62 bits per heavy atom. The highest BCUT2D eigenvalue weighted by Gasteiger charge is 2.59. The molecule has 1 spiro atoms. The zero-order chi connectivity index (χ0) is 18.1. The van der Waals surface area contributed by atoms with E-state index in [2.05, 4.69) is 0 Å². The van der Waals surface area contributed by atoms with Gasteiger partial charge in [-0.15, -0.1) is 0 Å². The van der Waals surface area contributed by atoms with Crippen LogP contribution in [0.1, 0.15) is 17.7 Å². The first kappa shape index (κ1) is 14.9. The Hall–Kier alpha value is -3.41. The minimum absolute atomic E-state index is 0.00724. The average Bonchev–Trinajstić information content (AvgIpc) is 3.20. The molecule has 2 aromatic carbocycles. The molecule has 1 aromatic heterocycles. The highest BCUT2D eigenvalue weighted by Crippen LogP contribution is 2.46. The molecule has 0 bridgehead atoms. The number of aryl methyl sites for hydroxylation is 1. The van der Waals surface area contributed by atoms with Crippen LogP contribution in [-0.4, -0.2) is 21.2 Å². The molecule has 128 valence electrons. The zero-order valence-corrected chi connectivity index (χ0v) is 14.0. The molecule has 6 heteroatoms. The molecule has 0 N–H and O–H groups in total. The average molecular weight is 345 g/mol. The van der Waals surface area contributed by atoms with E-state index in [-0.39, 0.29) is 23.8 Å². The smallest absolute Gasteiger partial charge is 0.271 e. The SMILES string of the molecule is Cc1cc(=O)n2n1C1(CC(=O)N(c3ccccc3)C1=O)c1ccccc1-2. The van der Waals surface area contributed by atoms with Crippen LogP contribution in [0.5, 0.6) is 0 Å². The van der Waals surface area contributed by atoms with Crippen molar-refractivity contribution in [2.45, 2.75) is 18.9 Å². The first-order chi connectivity index (χ1) is 12.6. The highest BCUT2D eigenvalue weighted by atomic mass is 16.2. The molecule has 5 rings (SSSR count). The Balaban J connectivity index is 1.82. The summed E-state index contributed by atoms with van der Waals surface area (Å²) >= 11 is 0. The molecule has 2 aliphatic rings. The van der Waals surface area contributed by atoms with Crippen LogP contribution in [0.25, 0.3) is 5.69 Å². The maximum absolute atomic E-state index is 13.6. The lowest BCUT2D eigenvalue weighted by Crippen LogP contribution is -2.43. The Kier molecular flexibility index (Phi) is 2.76. The molecule has 6 nitrogen and oxygen atoms in total. The third-order valence-corrected chi connectivity index (χ3v) is 5.24. The molecule has 2 amide bonds. The molecule has 1 unspecified atom stereocenters. The molecule has 1 saturated heterocycles. The van der Waals surface area contributed by atoms with Crippen molar-refractivity contribution >= 4 is 17.5 Å². The largest absolute Gasteiger partial charge is 0.274 e. The number of imide groups is 1. The molecular weight excluding hydrogens is 330 g/mol. The van der Waals surface area contributed by atoms with Gasteiger partial charge in [0.1, 0.15) is 0 Å². The van der Waals surface area contributed by atoms with Crippen LogP contribution in [0.4, 0.5) is 5.69 Å². The van der Waals surface area contributed by atoms with E-state index in [0.717, 1.165) is 0 Å². The fourth-order valence-corrected chi connectivity index (χ4v) is 4.26. The number of carbonyl (C=O) groups excluding carboxylic acids is 2. The van der Waals surface area contributed by atoms with E-state index in [0.29, 0.717) is 22.6 Å². The predicted octanol–water partition coefficient (Wildman–Crippen LogP) is 1.97. The third-order valence-electron chi connectivity index (χ3n) is 5.24. The normalized spacial score (nSPS) is 20.7. The number of hydrogen-bond acceptors (Lipinski definition) is 3. The van der Waals surface area contributed by atoms with E-state index < -0.39 is 5.54 Å². The van der Waals surface area contributed by atoms with Crippen molar-refractivity contribution in [3.63, 3.8) is 0 Å². The van der Waals surface area contributed by atoms with Gasteiger partial charge in [0, 0.05) is 17.3 Å². The van der Waals surface area contributed by atoms with E-state index in [1.807, 2.05) is 30.3 Å². The molecule has 1 fully saturated rings. The number of hydrogen-bond donors (Lipinski definition) is 0. The summed E-state index contributed by atoms with van der Waals surface area (Å²) in [6.07, 6.45) is -0.00724. The maximum atomic E-state index is 13.6. The molecule has 26 heavy (non-hydrogen) atoms. The summed E-state index contributed by atoms with van der Waals surface area (Å²) in [6, 6.07) is 17.7. The Morgan fingerprint density at radius 1 is 0.923 bits per heavy atom. The monoisotopic (exact) mass is 345 g/mol. The van der Waals surface area contributed by atoms with Gasteiger partial charge in [0.2, 0.25) is 5.91 Å². The van der Waals surface area contributed by atoms with Crippen molar-refractivity contribution in [3.8, 4) is 5.69 Å². The number of fused-ring (bicyclic) bond motifs is 5. The fourth-order valence-electron chi connectivity index (χ4n) is 4.26. The molecular formula is C20H15N3O3. The second-order valence-corrected chi connectivity index (χ2v) is 6.67. The fraction of sp³-hybridized carbons (Fsp3) is 0.150. The number of para-hydroxylation sites is 2. The summed E-state index contributed by atoms with van der Waals surface area (Å²) in [4.78, 5) is 40.2. The topological polar surface area (TPSA) is 64.3 Å². The van der Waals surface area contributed by atoms with Gasteiger partial charge in [-0.2, -0.15) is 0 Å². The summed E-state index contributed by atoms with van der Waals surface area (Å²) in [7, 11) is 0. The van der Waals surface area contributed by atoms with Crippen LogP contribution in [0, 0.1) is 6.92 Å². The van der Waals surface area contributed by atoms with Crippen LogP contribution < -0.4 is 10.5 Å². The summed E-state index contributed by atoms with van der Waals surface area (Å²) < 4.78 is 3.19. The van der Waals surface area contributed by atoms with Crippen molar-refractivity contribution in [1.82, 2.24) is 9.36 Å². The molecule has 0 aliphatic carbocycles. The highest BCUT2D eigenvalue weighted by molar-refractivity contribution is 6.25. The van der Waals surface area contributed by atoms with Gasteiger partial charge in [-0.05, 0) is 25.1 Å². The van der Waals surface area contributed by atoms with E-state index in [4.69, 9.17) is 0 Å². The van der Waals surface area contributed by atoms with Crippen LogP contribution in [0.2, 0.25) is 0 Å². The number of nitrogens with zero attached hydrogens (tertiary/aromatic N) is 3. The van der Waals surface area contributed by atoms with Gasteiger partial charge in [0.05, 0.1) is 17.8 Å². The number of anilines is 1. The predicted molar refractivity (Wildman–Crippen MR) is 95.4 cm³/mol. The summed E-state index contributed by atoms with van der Waals surface area (Å²) in [5.41, 5.74) is 1.13. The van der Waals surface area contributed by atoms with Gasteiger partial charge in [-0.3, -0.25) is 19.1 Å². The lowest BCUT2D eigenvalue weighted by atomic mass is 9.88. The number of benzene rings is 2. The lowest BCUT2D eigenvalue weighted by Gasteiger charge is -2.25. The van der Waals surface area contributed by atoms with Gasteiger partial charge in [0.25, 0.3) is 11.5 Å². The summed E-state index contributed by atoms with van der Waals surface area (Å²) in [5.74, 6) is -0.601. The van der Waals surface area contributed by atoms with Crippen LogP contribution in [-0.2, 0) is 15.1 Å². The molecule has 0 radical (unpaired) electrons. The van der Waals surface area contributed by atoms with Crippen molar-refractivity contribution in [2.24, 2.45) is 0 Å². The Labute approximate surface area is 148 Å². The van der Waals surface area contributed by atoms with E-state index in [1.165, 1.54) is 15.6 Å². The Bertz CT molecular complexity index is 1140. The lowest BCUT2D eigenvalue weighted by molar-refractivity contribution is -0.123. The molecule has 3 heterocycles. The quantitative estimate of drug-likeness (QED) is 0.634. The van der Waals surface area contributed by atoms with E-state index in [1.54, 1.807) is 35.9 Å². The second-order valence-electron chi connectivity index (χ2n) is 6.67. The van der Waals surface area contributed by atoms with Crippen molar-refractivity contribution < 1.29 is 9.59 Å². The Morgan fingerprint density at radius 3 is 2.38 bits per heavy atom. The van der Waals surface area contributed by atoms with Gasteiger partial charge < -0.3 is 0 Å². The first-order valence-electron chi connectivity index (χ1n) is 8.40. The molecule has 2 aliphatic heterocycles. The first-order valence-corrected chi connectivity index (χ1v) is 8.40. The van der Waals surface area contributed by atoms with Crippen LogP contribution in [0.3, 0.4) is 0 Å². The zero-order valence-electron chi connectivity index (χ0n) is 14.0. The van der Waals surface area contributed by atoms with Gasteiger partial charge in [-0.25, -0.2) is 9.58 Å². The second kappa shape index (κ2) is 4.82. The van der Waals surface area contributed by atoms with Crippen LogP contribution in [0.15, 0.2) is 65.5 Å². The van der Waals surface area contributed by atoms with Gasteiger partial charge in [-0.1, -0.05) is 36.4 Å². The van der Waals surface area contributed by atoms with Crippen molar-refractivity contribution in [1.29, 1.82) is 0 Å². The van der Waals surface area contributed by atoms with Crippen molar-refractivity contribution in [2.75, 3.05) is 4.90 Å². The number of amides is 2. The summed E-state index contributed by atoms with van der Waals surface area (Å²) in [5, 5.41) is 0. The maximum Gasteiger partial charge on any atom is 0.271 e. The van der Waals surface area contributed by atoms with Gasteiger partial charge in [0.15, 0.2) is 5.54 Å². The van der Waals surface area contributed by atoms with Crippen LogP contribution >= 0.6 is 0 Å². The van der Waals surface area contributed by atoms with E-state index in [9.17, 15) is 14.4 Å². The standard InChI is InChI=1S/C20H15N3O3/c1-13-11-17(24)22-16-10-6-5-9-15(16)20(23(13)22)12-18(25)21(19(20)26)14-7-3-2-4-8-14/h2-11H,12H2,1H3. The third kappa shape index (κ3) is 1.59. The number of aromatic nitrogens is 2. The van der Waals surface area contributed by atoms with Gasteiger partial charge >= 0.3 is 0 Å². The van der Waals surface area contributed by atoms with Crippen molar-refractivity contribution in [3.05, 3.63) is 82.3 Å². The molecule has 0 saturated carbocycles. The van der Waals surface area contributed by atoms with E-state index >= 15 is 0 Å². The number of rotatable bonds is 1. The number of carbonyl (C=O) groups is 2. The summed E-state index contributed by atoms with van der Waals surface area (Å²) in [6.45, 7) is 1.79.